The molecule has 0 aliphatic carbocycles. The van der Waals surface area contributed by atoms with Crippen molar-refractivity contribution in [1.82, 2.24) is 15.1 Å². The maximum absolute atomic E-state index is 5.25. The molecule has 0 saturated carbocycles. The number of halogens is 1. The molecule has 20 heavy (non-hydrogen) atoms. The fraction of sp³-hybridized carbons (Fsp3) is 0.600. The minimum absolute atomic E-state index is 0.593. The van der Waals surface area contributed by atoms with Gasteiger partial charge in [-0.05, 0) is 47.7 Å². The molecular weight excluding hydrogens is 318 g/mol. The standard InChI is InChI=1S/C15H24BrN3O/c1-18-6-7-19(2)13(11-18)10-17-9-12-4-5-15(20-3)14(16)8-12/h4-5,8,13,17H,6-7,9-11H2,1-3H3. The van der Waals surface area contributed by atoms with E-state index in [1.54, 1.807) is 7.11 Å². The van der Waals surface area contributed by atoms with E-state index in [0.29, 0.717) is 6.04 Å². The summed E-state index contributed by atoms with van der Waals surface area (Å²) in [5, 5.41) is 3.56. The number of methoxy groups -OCH3 is 1. The van der Waals surface area contributed by atoms with Gasteiger partial charge in [0.2, 0.25) is 0 Å². The summed E-state index contributed by atoms with van der Waals surface area (Å²) in [6.07, 6.45) is 0. The minimum atomic E-state index is 0.593. The molecule has 2 rings (SSSR count). The molecule has 1 atom stereocenters. The normalized spacial score (nSPS) is 21.1. The smallest absolute Gasteiger partial charge is 0.133 e. The van der Waals surface area contributed by atoms with Gasteiger partial charge >= 0.3 is 0 Å². The van der Waals surface area contributed by atoms with E-state index in [9.17, 15) is 0 Å². The number of benzene rings is 1. The average molecular weight is 342 g/mol. The van der Waals surface area contributed by atoms with Gasteiger partial charge in [0.25, 0.3) is 0 Å². The molecule has 0 bridgehead atoms. The van der Waals surface area contributed by atoms with E-state index in [2.05, 4.69) is 57.3 Å². The Morgan fingerprint density at radius 1 is 1.35 bits per heavy atom. The van der Waals surface area contributed by atoms with Crippen LogP contribution >= 0.6 is 15.9 Å². The van der Waals surface area contributed by atoms with Crippen LogP contribution in [0.1, 0.15) is 5.56 Å². The second-order valence-electron chi connectivity index (χ2n) is 5.50. The summed E-state index contributed by atoms with van der Waals surface area (Å²) in [5.74, 6) is 0.877. The quantitative estimate of drug-likeness (QED) is 0.883. The molecule has 1 aliphatic rings. The molecule has 1 N–H and O–H groups in total. The van der Waals surface area contributed by atoms with Crippen LogP contribution in [0.25, 0.3) is 0 Å². The fourth-order valence-electron chi connectivity index (χ4n) is 2.52. The first kappa shape index (κ1) is 15.8. The molecule has 0 radical (unpaired) electrons. The van der Waals surface area contributed by atoms with Gasteiger partial charge < -0.3 is 15.0 Å². The van der Waals surface area contributed by atoms with Crippen molar-refractivity contribution in [2.45, 2.75) is 12.6 Å². The van der Waals surface area contributed by atoms with Crippen LogP contribution in [0.2, 0.25) is 0 Å². The molecule has 1 saturated heterocycles. The van der Waals surface area contributed by atoms with E-state index in [1.165, 1.54) is 12.1 Å². The molecule has 5 heteroatoms. The molecule has 0 spiro atoms. The first-order valence-corrected chi connectivity index (χ1v) is 7.81. The van der Waals surface area contributed by atoms with Crippen LogP contribution in [0, 0.1) is 0 Å². The van der Waals surface area contributed by atoms with Crippen molar-refractivity contribution in [3.63, 3.8) is 0 Å². The fourth-order valence-corrected chi connectivity index (χ4v) is 3.11. The first-order valence-electron chi connectivity index (χ1n) is 7.02. The lowest BCUT2D eigenvalue weighted by molar-refractivity contribution is 0.113. The van der Waals surface area contributed by atoms with Gasteiger partial charge in [0, 0.05) is 38.8 Å². The van der Waals surface area contributed by atoms with Crippen molar-refractivity contribution < 1.29 is 4.74 Å². The molecule has 1 heterocycles. The van der Waals surface area contributed by atoms with Crippen molar-refractivity contribution >= 4 is 15.9 Å². The number of nitrogens with zero attached hydrogens (tertiary/aromatic N) is 2. The summed E-state index contributed by atoms with van der Waals surface area (Å²) in [7, 11) is 6.09. The molecule has 1 unspecified atom stereocenters. The molecule has 4 nitrogen and oxygen atoms in total. The zero-order chi connectivity index (χ0) is 14.5. The SMILES string of the molecule is COc1ccc(CNCC2CN(C)CCN2C)cc1Br. The summed E-state index contributed by atoms with van der Waals surface area (Å²) in [5.41, 5.74) is 1.27. The third-order valence-corrected chi connectivity index (χ3v) is 4.53. The van der Waals surface area contributed by atoms with Gasteiger partial charge in [-0.25, -0.2) is 0 Å². The largest absolute Gasteiger partial charge is 0.496 e. The van der Waals surface area contributed by atoms with Crippen molar-refractivity contribution in [2.75, 3.05) is 47.4 Å². The molecular formula is C15H24BrN3O. The van der Waals surface area contributed by atoms with Crippen LogP contribution < -0.4 is 10.1 Å². The Morgan fingerprint density at radius 2 is 2.15 bits per heavy atom. The zero-order valence-corrected chi connectivity index (χ0v) is 14.1. The lowest BCUT2D eigenvalue weighted by Crippen LogP contribution is -2.53. The summed E-state index contributed by atoms with van der Waals surface area (Å²) >= 11 is 3.53. The lowest BCUT2D eigenvalue weighted by Gasteiger charge is -2.37. The third-order valence-electron chi connectivity index (χ3n) is 3.91. The van der Waals surface area contributed by atoms with E-state index < -0.39 is 0 Å². The number of ether oxygens (including phenoxy) is 1. The monoisotopic (exact) mass is 341 g/mol. The van der Waals surface area contributed by atoms with Gasteiger partial charge in [-0.3, -0.25) is 4.90 Å². The zero-order valence-electron chi connectivity index (χ0n) is 12.5. The Hall–Kier alpha value is -0.620. The number of nitrogens with one attached hydrogen (secondary N) is 1. The predicted molar refractivity (Wildman–Crippen MR) is 86.3 cm³/mol. The van der Waals surface area contributed by atoms with Gasteiger partial charge in [-0.2, -0.15) is 0 Å². The van der Waals surface area contributed by atoms with Gasteiger partial charge in [-0.15, -0.1) is 0 Å². The maximum atomic E-state index is 5.25. The molecule has 0 aromatic heterocycles. The number of likely N-dealkylation sites (N-methyl/N-ethyl adjacent to an activating group) is 2. The van der Waals surface area contributed by atoms with Gasteiger partial charge in [-0.1, -0.05) is 6.07 Å². The maximum Gasteiger partial charge on any atom is 0.133 e. The van der Waals surface area contributed by atoms with Crippen LogP contribution in [-0.2, 0) is 6.54 Å². The second kappa shape index (κ2) is 7.41. The van der Waals surface area contributed by atoms with E-state index in [0.717, 1.165) is 36.4 Å². The van der Waals surface area contributed by atoms with Crippen LogP contribution in [0.15, 0.2) is 22.7 Å². The highest BCUT2D eigenvalue weighted by atomic mass is 79.9. The molecule has 1 aliphatic heterocycles. The number of hydrogen-bond donors (Lipinski definition) is 1. The summed E-state index contributed by atoms with van der Waals surface area (Å²) < 4.78 is 6.25. The van der Waals surface area contributed by atoms with Crippen LogP contribution in [0.5, 0.6) is 5.75 Å². The highest BCUT2D eigenvalue weighted by Gasteiger charge is 2.21. The summed E-state index contributed by atoms with van der Waals surface area (Å²) in [4.78, 5) is 4.84. The molecule has 0 amide bonds. The van der Waals surface area contributed by atoms with Gasteiger partial charge in [0.1, 0.15) is 5.75 Å². The molecule has 1 aromatic rings. The molecule has 112 valence electrons. The topological polar surface area (TPSA) is 27.7 Å². The Morgan fingerprint density at radius 3 is 2.85 bits per heavy atom. The van der Waals surface area contributed by atoms with Crippen LogP contribution in [-0.4, -0.2) is 63.2 Å². The Balaban J connectivity index is 1.82. The Bertz CT molecular complexity index is 441. The lowest BCUT2D eigenvalue weighted by atomic mass is 10.1. The van der Waals surface area contributed by atoms with Crippen LogP contribution in [0.3, 0.4) is 0 Å². The molecule has 1 aromatic carbocycles. The highest BCUT2D eigenvalue weighted by molar-refractivity contribution is 9.10. The summed E-state index contributed by atoms with van der Waals surface area (Å²) in [6, 6.07) is 6.81. The van der Waals surface area contributed by atoms with E-state index in [4.69, 9.17) is 4.74 Å². The predicted octanol–water partition coefficient (Wildman–Crippen LogP) is 1.79. The number of piperazine rings is 1. The third kappa shape index (κ3) is 4.19. The van der Waals surface area contributed by atoms with Gasteiger partial charge in [0.15, 0.2) is 0 Å². The summed E-state index contributed by atoms with van der Waals surface area (Å²) in [6.45, 7) is 5.35. The van der Waals surface area contributed by atoms with Crippen molar-refractivity contribution in [3.05, 3.63) is 28.2 Å². The average Bonchev–Trinajstić information content (AvgIpc) is 2.43. The number of rotatable bonds is 5. The Labute approximate surface area is 130 Å². The number of hydrogen-bond acceptors (Lipinski definition) is 4. The van der Waals surface area contributed by atoms with Crippen molar-refractivity contribution in [3.8, 4) is 5.75 Å². The van der Waals surface area contributed by atoms with Crippen LogP contribution in [0.4, 0.5) is 0 Å². The second-order valence-corrected chi connectivity index (χ2v) is 6.35. The van der Waals surface area contributed by atoms with Crippen molar-refractivity contribution in [2.24, 2.45) is 0 Å². The van der Waals surface area contributed by atoms with Crippen molar-refractivity contribution in [1.29, 1.82) is 0 Å². The Kier molecular flexibility index (Phi) is 5.84. The van der Waals surface area contributed by atoms with E-state index in [-0.39, 0.29) is 0 Å². The van der Waals surface area contributed by atoms with E-state index >= 15 is 0 Å². The van der Waals surface area contributed by atoms with Gasteiger partial charge in [0.05, 0.1) is 11.6 Å². The molecule has 1 fully saturated rings. The minimum Gasteiger partial charge on any atom is -0.496 e. The van der Waals surface area contributed by atoms with E-state index in [1.807, 2.05) is 6.07 Å². The highest BCUT2D eigenvalue weighted by Crippen LogP contribution is 2.25. The first-order chi connectivity index (χ1) is 9.60.